The van der Waals surface area contributed by atoms with Crippen LogP contribution in [-0.4, -0.2) is 0 Å². The van der Waals surface area contributed by atoms with Crippen molar-refractivity contribution in [2.75, 3.05) is 0 Å². The minimum atomic E-state index is -4.30. The summed E-state index contributed by atoms with van der Waals surface area (Å²) in [6, 6.07) is -0.270. The standard InChI is InChI=1S/C11H13BrF3NS/c12-8-7(11(13,14)15)5-17-10(8)9(16)6-3-1-2-4-6/h5-6,9H,1-4,16H2. The third-order valence-corrected chi connectivity index (χ3v) is 5.47. The molecule has 2 N–H and O–H groups in total. The van der Waals surface area contributed by atoms with Gasteiger partial charge in [0.2, 0.25) is 0 Å². The van der Waals surface area contributed by atoms with E-state index in [0.717, 1.165) is 42.4 Å². The average molecular weight is 328 g/mol. The SMILES string of the molecule is NC(c1scc(C(F)(F)F)c1Br)C1CCCC1. The zero-order valence-corrected chi connectivity index (χ0v) is 11.5. The summed E-state index contributed by atoms with van der Waals surface area (Å²) in [4.78, 5) is 0.629. The Morgan fingerprint density at radius 2 is 1.94 bits per heavy atom. The summed E-state index contributed by atoms with van der Waals surface area (Å²) < 4.78 is 38.0. The van der Waals surface area contributed by atoms with E-state index in [2.05, 4.69) is 15.9 Å². The molecule has 1 saturated carbocycles. The molecule has 6 heteroatoms. The molecule has 0 radical (unpaired) electrons. The van der Waals surface area contributed by atoms with Gasteiger partial charge in [-0.2, -0.15) is 13.2 Å². The van der Waals surface area contributed by atoms with Gasteiger partial charge < -0.3 is 5.73 Å². The zero-order chi connectivity index (χ0) is 12.6. The van der Waals surface area contributed by atoms with Crippen LogP contribution in [0.15, 0.2) is 9.85 Å². The van der Waals surface area contributed by atoms with Crippen LogP contribution < -0.4 is 5.73 Å². The van der Waals surface area contributed by atoms with Gasteiger partial charge in [0.1, 0.15) is 0 Å². The fraction of sp³-hybridized carbons (Fsp3) is 0.636. The van der Waals surface area contributed by atoms with E-state index in [1.165, 1.54) is 0 Å². The Morgan fingerprint density at radius 1 is 1.35 bits per heavy atom. The van der Waals surface area contributed by atoms with Gasteiger partial charge in [-0.25, -0.2) is 0 Å². The highest BCUT2D eigenvalue weighted by molar-refractivity contribution is 9.10. The Morgan fingerprint density at radius 3 is 2.41 bits per heavy atom. The largest absolute Gasteiger partial charge is 0.418 e. The molecule has 0 amide bonds. The number of hydrogen-bond donors (Lipinski definition) is 1. The van der Waals surface area contributed by atoms with Crippen LogP contribution in [0.4, 0.5) is 13.2 Å². The second-order valence-electron chi connectivity index (χ2n) is 4.40. The molecule has 0 saturated heterocycles. The molecule has 17 heavy (non-hydrogen) atoms. The predicted molar refractivity (Wildman–Crippen MR) is 65.9 cm³/mol. The Hall–Kier alpha value is -0.0700. The summed E-state index contributed by atoms with van der Waals surface area (Å²) >= 11 is 4.15. The highest BCUT2D eigenvalue weighted by Crippen LogP contribution is 2.45. The Kier molecular flexibility index (Phi) is 3.85. The first-order valence-electron chi connectivity index (χ1n) is 5.51. The van der Waals surface area contributed by atoms with E-state index in [0.29, 0.717) is 10.8 Å². The monoisotopic (exact) mass is 327 g/mol. The molecule has 1 atom stereocenters. The summed E-state index contributed by atoms with van der Waals surface area (Å²) in [5, 5.41) is 1.15. The van der Waals surface area contributed by atoms with Crippen molar-refractivity contribution in [1.29, 1.82) is 0 Å². The van der Waals surface area contributed by atoms with Crippen molar-refractivity contribution in [3.63, 3.8) is 0 Å². The molecule has 0 bridgehead atoms. The third-order valence-electron chi connectivity index (χ3n) is 3.27. The van der Waals surface area contributed by atoms with Crippen LogP contribution in [0.5, 0.6) is 0 Å². The maximum absolute atomic E-state index is 12.6. The number of thiophene rings is 1. The van der Waals surface area contributed by atoms with Crippen LogP contribution in [0.2, 0.25) is 0 Å². The smallest absolute Gasteiger partial charge is 0.323 e. The maximum atomic E-state index is 12.6. The number of alkyl halides is 3. The van der Waals surface area contributed by atoms with Crippen LogP contribution in [0.1, 0.15) is 42.2 Å². The molecule has 1 unspecified atom stereocenters. The summed E-state index contributed by atoms with van der Waals surface area (Å²) in [5.41, 5.74) is 5.47. The number of rotatable bonds is 2. The van der Waals surface area contributed by atoms with E-state index in [1.807, 2.05) is 0 Å². The predicted octanol–water partition coefficient (Wildman–Crippen LogP) is 4.72. The van der Waals surface area contributed by atoms with Crippen LogP contribution in [0, 0.1) is 5.92 Å². The third kappa shape index (κ3) is 2.69. The maximum Gasteiger partial charge on any atom is 0.418 e. The van der Waals surface area contributed by atoms with Gasteiger partial charge in [0.15, 0.2) is 0 Å². The molecule has 0 spiro atoms. The fourth-order valence-corrected chi connectivity index (χ4v) is 4.40. The van der Waals surface area contributed by atoms with Crippen molar-refractivity contribution in [3.8, 4) is 0 Å². The van der Waals surface area contributed by atoms with Crippen molar-refractivity contribution >= 4 is 27.3 Å². The number of nitrogens with two attached hydrogens (primary N) is 1. The zero-order valence-electron chi connectivity index (χ0n) is 9.06. The molecule has 1 aliphatic carbocycles. The highest BCUT2D eigenvalue weighted by atomic mass is 79.9. The van der Waals surface area contributed by atoms with Crippen molar-refractivity contribution in [2.45, 2.75) is 37.9 Å². The van der Waals surface area contributed by atoms with E-state index in [9.17, 15) is 13.2 Å². The van der Waals surface area contributed by atoms with Gasteiger partial charge in [0.05, 0.1) is 5.56 Å². The highest BCUT2D eigenvalue weighted by Gasteiger charge is 2.37. The van der Waals surface area contributed by atoms with Gasteiger partial charge in [-0.3, -0.25) is 0 Å². The lowest BCUT2D eigenvalue weighted by atomic mass is 9.97. The second-order valence-corrected chi connectivity index (χ2v) is 6.10. The van der Waals surface area contributed by atoms with Crippen LogP contribution >= 0.6 is 27.3 Å². The van der Waals surface area contributed by atoms with Gasteiger partial charge in [-0.15, -0.1) is 11.3 Å². The Bertz CT molecular complexity index is 396. The second kappa shape index (κ2) is 4.90. The first-order valence-corrected chi connectivity index (χ1v) is 7.18. The number of halogens is 4. The molecule has 1 fully saturated rings. The molecule has 1 aromatic heterocycles. The summed E-state index contributed by atoms with van der Waals surface area (Å²) in [6.45, 7) is 0. The summed E-state index contributed by atoms with van der Waals surface area (Å²) in [7, 11) is 0. The van der Waals surface area contributed by atoms with E-state index >= 15 is 0 Å². The van der Waals surface area contributed by atoms with Crippen molar-refractivity contribution in [2.24, 2.45) is 11.7 Å². The molecular formula is C11H13BrF3NS. The van der Waals surface area contributed by atoms with Crippen molar-refractivity contribution in [3.05, 3.63) is 20.3 Å². The molecule has 1 nitrogen and oxygen atoms in total. The quantitative estimate of drug-likeness (QED) is 0.835. The van der Waals surface area contributed by atoms with Crippen LogP contribution in [0.3, 0.4) is 0 Å². The number of hydrogen-bond acceptors (Lipinski definition) is 2. The van der Waals surface area contributed by atoms with Crippen molar-refractivity contribution < 1.29 is 13.2 Å². The molecule has 2 rings (SSSR count). The fourth-order valence-electron chi connectivity index (χ4n) is 2.31. The van der Waals surface area contributed by atoms with E-state index in [1.54, 1.807) is 0 Å². The van der Waals surface area contributed by atoms with Gasteiger partial charge >= 0.3 is 6.18 Å². The Balaban J connectivity index is 2.24. The lowest BCUT2D eigenvalue weighted by molar-refractivity contribution is -0.137. The molecular weight excluding hydrogens is 315 g/mol. The first kappa shape index (κ1) is 13.4. The topological polar surface area (TPSA) is 26.0 Å². The molecule has 0 aromatic carbocycles. The molecule has 1 heterocycles. The lowest BCUT2D eigenvalue weighted by Crippen LogP contribution is -2.18. The summed E-state index contributed by atoms with van der Waals surface area (Å²) in [5.74, 6) is 0.325. The average Bonchev–Trinajstić information content (AvgIpc) is 2.83. The van der Waals surface area contributed by atoms with Gasteiger partial charge in [-0.05, 0) is 34.7 Å². The van der Waals surface area contributed by atoms with Crippen molar-refractivity contribution in [1.82, 2.24) is 0 Å². The first-order chi connectivity index (χ1) is 7.91. The normalized spacial score (nSPS) is 19.8. The minimum Gasteiger partial charge on any atom is -0.323 e. The van der Waals surface area contributed by atoms with Gasteiger partial charge in [-0.1, -0.05) is 12.8 Å². The summed E-state index contributed by atoms with van der Waals surface area (Å²) in [6.07, 6.45) is 0.00364. The molecule has 1 aromatic rings. The Labute approximate surface area is 110 Å². The van der Waals surface area contributed by atoms with E-state index in [4.69, 9.17) is 5.73 Å². The van der Waals surface area contributed by atoms with E-state index in [-0.39, 0.29) is 10.5 Å². The molecule has 1 aliphatic rings. The van der Waals surface area contributed by atoms with Gasteiger partial charge in [0.25, 0.3) is 0 Å². The van der Waals surface area contributed by atoms with Crippen LogP contribution in [0.25, 0.3) is 0 Å². The lowest BCUT2D eigenvalue weighted by Gasteiger charge is -2.18. The minimum absolute atomic E-state index is 0.134. The van der Waals surface area contributed by atoms with E-state index < -0.39 is 11.7 Å². The van der Waals surface area contributed by atoms with Gasteiger partial charge in [0, 0.05) is 20.8 Å². The van der Waals surface area contributed by atoms with Crippen LogP contribution in [-0.2, 0) is 6.18 Å². The molecule has 96 valence electrons. The molecule has 0 aliphatic heterocycles.